The van der Waals surface area contributed by atoms with Crippen LogP contribution in [0.15, 0.2) is 6.07 Å². The Balaban J connectivity index is 3.07. The molecule has 5 heteroatoms. The number of ether oxygens (including phenoxy) is 1. The Morgan fingerprint density at radius 3 is 2.80 bits per heavy atom. The summed E-state index contributed by atoms with van der Waals surface area (Å²) in [5, 5.41) is 6.69. The number of methoxy groups -OCH3 is 1. The second kappa shape index (κ2) is 2.79. The van der Waals surface area contributed by atoms with Crippen LogP contribution in [-0.4, -0.2) is 17.3 Å². The van der Waals surface area contributed by atoms with Gasteiger partial charge in [-0.05, 0) is 0 Å². The molecule has 0 N–H and O–H groups in total. The summed E-state index contributed by atoms with van der Waals surface area (Å²) >= 11 is 5.30. The number of rotatable bonds is 1. The van der Waals surface area contributed by atoms with Crippen molar-refractivity contribution in [3.63, 3.8) is 0 Å². The highest BCUT2D eigenvalue weighted by atomic mass is 35.5. The quantitative estimate of drug-likeness (QED) is 0.624. The predicted molar refractivity (Wildman–Crippen MR) is 33.6 cm³/mol. The normalized spacial score (nSPS) is 9.50. The Morgan fingerprint density at radius 2 is 2.30 bits per heavy atom. The van der Waals surface area contributed by atoms with Gasteiger partial charge in [0.25, 0.3) is 5.88 Å². The summed E-state index contributed by atoms with van der Waals surface area (Å²) in [4.78, 5) is 0. The van der Waals surface area contributed by atoms with E-state index in [0.29, 0.717) is 0 Å². The molecule has 1 rings (SSSR count). The molecule has 0 aromatic carbocycles. The van der Waals surface area contributed by atoms with E-state index < -0.39 is 5.82 Å². The average molecular weight is 163 g/mol. The van der Waals surface area contributed by atoms with Gasteiger partial charge in [-0.1, -0.05) is 11.6 Å². The lowest BCUT2D eigenvalue weighted by Crippen LogP contribution is -1.93. The van der Waals surface area contributed by atoms with Crippen LogP contribution in [0.25, 0.3) is 0 Å². The molecule has 0 fully saturated rings. The summed E-state index contributed by atoms with van der Waals surface area (Å²) in [6.07, 6.45) is 0. The van der Waals surface area contributed by atoms with E-state index in [4.69, 9.17) is 11.6 Å². The van der Waals surface area contributed by atoms with Crippen molar-refractivity contribution < 1.29 is 9.13 Å². The maximum Gasteiger partial charge on any atom is 0.269 e. The molecule has 0 unspecified atom stereocenters. The third-order valence-corrected chi connectivity index (χ3v) is 1.06. The predicted octanol–water partition coefficient (Wildman–Crippen LogP) is 1.28. The average Bonchev–Trinajstić information content (AvgIpc) is 1.88. The van der Waals surface area contributed by atoms with E-state index in [2.05, 4.69) is 14.9 Å². The summed E-state index contributed by atoms with van der Waals surface area (Å²) in [5.74, 6) is -0.757. The maximum absolute atomic E-state index is 12.5. The van der Waals surface area contributed by atoms with Crippen molar-refractivity contribution in [3.05, 3.63) is 17.0 Å². The molecule has 0 saturated carbocycles. The fraction of sp³-hybridized carbons (Fsp3) is 0.200. The molecule has 54 valence electrons. The standard InChI is InChI=1S/C5H4ClFN2O/c1-10-5-3(7)2-4(6)8-9-5/h2H,1H3. The molecule has 3 nitrogen and oxygen atoms in total. The molecule has 10 heavy (non-hydrogen) atoms. The lowest BCUT2D eigenvalue weighted by molar-refractivity contribution is 0.363. The molecule has 0 aliphatic carbocycles. The summed E-state index contributed by atoms with van der Waals surface area (Å²) in [7, 11) is 1.31. The van der Waals surface area contributed by atoms with Crippen molar-refractivity contribution >= 4 is 11.6 Å². The molecule has 1 aromatic rings. The topological polar surface area (TPSA) is 35.0 Å². The third kappa shape index (κ3) is 1.33. The van der Waals surface area contributed by atoms with Crippen molar-refractivity contribution in [3.8, 4) is 5.88 Å². The van der Waals surface area contributed by atoms with Gasteiger partial charge in [0.1, 0.15) is 0 Å². The second-order valence-corrected chi connectivity index (χ2v) is 1.91. The minimum atomic E-state index is -0.609. The van der Waals surface area contributed by atoms with Gasteiger partial charge in [0.2, 0.25) is 0 Å². The summed E-state index contributed by atoms with van der Waals surface area (Å²) in [6, 6.07) is 1.04. The van der Waals surface area contributed by atoms with Crippen LogP contribution in [0.4, 0.5) is 4.39 Å². The Morgan fingerprint density at radius 1 is 1.60 bits per heavy atom. The van der Waals surface area contributed by atoms with E-state index in [9.17, 15) is 4.39 Å². The molecule has 0 spiro atoms. The minimum Gasteiger partial charge on any atom is -0.478 e. The highest BCUT2D eigenvalue weighted by Gasteiger charge is 2.03. The monoisotopic (exact) mass is 162 g/mol. The van der Waals surface area contributed by atoms with Crippen LogP contribution >= 0.6 is 11.6 Å². The fourth-order valence-electron chi connectivity index (χ4n) is 0.474. The fourth-order valence-corrected chi connectivity index (χ4v) is 0.608. The zero-order valence-corrected chi connectivity index (χ0v) is 5.89. The zero-order valence-electron chi connectivity index (χ0n) is 5.14. The van der Waals surface area contributed by atoms with E-state index in [-0.39, 0.29) is 11.0 Å². The van der Waals surface area contributed by atoms with Crippen molar-refractivity contribution in [2.45, 2.75) is 0 Å². The first-order valence-electron chi connectivity index (χ1n) is 2.46. The molecule has 0 saturated heterocycles. The number of nitrogens with zero attached hydrogens (tertiary/aromatic N) is 2. The van der Waals surface area contributed by atoms with Crippen LogP contribution in [-0.2, 0) is 0 Å². The van der Waals surface area contributed by atoms with Gasteiger partial charge in [0, 0.05) is 6.07 Å². The van der Waals surface area contributed by atoms with Crippen molar-refractivity contribution in [1.82, 2.24) is 10.2 Å². The molecule has 0 aliphatic rings. The van der Waals surface area contributed by atoms with Gasteiger partial charge in [-0.3, -0.25) is 0 Å². The van der Waals surface area contributed by atoms with Crippen molar-refractivity contribution in [2.24, 2.45) is 0 Å². The molecule has 0 radical (unpaired) electrons. The molecule has 0 aliphatic heterocycles. The molecule has 1 heterocycles. The molecule has 0 atom stereocenters. The van der Waals surface area contributed by atoms with Crippen LogP contribution in [0.1, 0.15) is 0 Å². The van der Waals surface area contributed by atoms with Gasteiger partial charge < -0.3 is 4.74 Å². The van der Waals surface area contributed by atoms with Gasteiger partial charge >= 0.3 is 0 Å². The third-order valence-electron chi connectivity index (χ3n) is 0.880. The minimum absolute atomic E-state index is 0.0123. The van der Waals surface area contributed by atoms with E-state index in [1.165, 1.54) is 7.11 Å². The first kappa shape index (κ1) is 7.21. The highest BCUT2D eigenvalue weighted by Crippen LogP contribution is 2.13. The van der Waals surface area contributed by atoms with E-state index in [1.807, 2.05) is 0 Å². The maximum atomic E-state index is 12.5. The van der Waals surface area contributed by atoms with Gasteiger partial charge in [-0.25, -0.2) is 4.39 Å². The Bertz CT molecular complexity index is 243. The highest BCUT2D eigenvalue weighted by molar-refractivity contribution is 6.29. The first-order valence-corrected chi connectivity index (χ1v) is 2.84. The summed E-state index contributed by atoms with van der Waals surface area (Å²) < 4.78 is 17.0. The van der Waals surface area contributed by atoms with Gasteiger partial charge in [0.05, 0.1) is 7.11 Å². The summed E-state index contributed by atoms with van der Waals surface area (Å²) in [6.45, 7) is 0. The van der Waals surface area contributed by atoms with Gasteiger partial charge in [-0.15, -0.1) is 10.2 Å². The smallest absolute Gasteiger partial charge is 0.269 e. The molecule has 0 bridgehead atoms. The number of hydrogen-bond donors (Lipinski definition) is 0. The van der Waals surface area contributed by atoms with E-state index in [1.54, 1.807) is 0 Å². The van der Waals surface area contributed by atoms with E-state index >= 15 is 0 Å². The molecular weight excluding hydrogens is 159 g/mol. The summed E-state index contributed by atoms with van der Waals surface area (Å²) in [5.41, 5.74) is 0. The van der Waals surface area contributed by atoms with Crippen LogP contribution in [0.2, 0.25) is 5.15 Å². The molecular formula is C5H4ClFN2O. The zero-order chi connectivity index (χ0) is 7.56. The van der Waals surface area contributed by atoms with Crippen LogP contribution < -0.4 is 4.74 Å². The lowest BCUT2D eigenvalue weighted by atomic mass is 10.5. The Kier molecular flexibility index (Phi) is 2.01. The van der Waals surface area contributed by atoms with Crippen LogP contribution in [0.5, 0.6) is 5.88 Å². The Hall–Kier alpha value is -0.900. The van der Waals surface area contributed by atoms with Gasteiger partial charge in [-0.2, -0.15) is 0 Å². The van der Waals surface area contributed by atoms with Gasteiger partial charge in [0.15, 0.2) is 11.0 Å². The first-order chi connectivity index (χ1) is 4.74. The number of hydrogen-bond acceptors (Lipinski definition) is 3. The SMILES string of the molecule is COc1nnc(Cl)cc1F. The van der Waals surface area contributed by atoms with Crippen molar-refractivity contribution in [2.75, 3.05) is 7.11 Å². The van der Waals surface area contributed by atoms with E-state index in [0.717, 1.165) is 6.07 Å². The number of aromatic nitrogens is 2. The molecule has 0 amide bonds. The number of halogens is 2. The molecule has 1 aromatic heterocycles. The van der Waals surface area contributed by atoms with Crippen LogP contribution in [0.3, 0.4) is 0 Å². The lowest BCUT2D eigenvalue weighted by Gasteiger charge is -1.96. The second-order valence-electron chi connectivity index (χ2n) is 1.52. The van der Waals surface area contributed by atoms with Crippen LogP contribution in [0, 0.1) is 5.82 Å². The largest absolute Gasteiger partial charge is 0.478 e. The van der Waals surface area contributed by atoms with Crippen molar-refractivity contribution in [1.29, 1.82) is 0 Å². The Labute approximate surface area is 61.8 Å².